The molecule has 0 aliphatic rings. The molecular formula is C14H23FN2O2. The number of benzene rings is 1. The summed E-state index contributed by atoms with van der Waals surface area (Å²) >= 11 is 0. The highest BCUT2D eigenvalue weighted by molar-refractivity contribution is 5.20. The fourth-order valence-corrected chi connectivity index (χ4v) is 2.05. The second-order valence-electron chi connectivity index (χ2n) is 4.33. The molecule has 1 unspecified atom stereocenters. The first-order valence-electron chi connectivity index (χ1n) is 6.40. The Morgan fingerprint density at radius 1 is 1.21 bits per heavy atom. The lowest BCUT2D eigenvalue weighted by Crippen LogP contribution is -2.38. The maximum Gasteiger partial charge on any atom is 0.123 e. The van der Waals surface area contributed by atoms with Gasteiger partial charge in [0.2, 0.25) is 0 Å². The highest BCUT2D eigenvalue weighted by Crippen LogP contribution is 2.20. The van der Waals surface area contributed by atoms with Crippen LogP contribution >= 0.6 is 0 Å². The van der Waals surface area contributed by atoms with Gasteiger partial charge in [-0.2, -0.15) is 0 Å². The summed E-state index contributed by atoms with van der Waals surface area (Å²) < 4.78 is 23.5. The van der Waals surface area contributed by atoms with Gasteiger partial charge in [0, 0.05) is 39.9 Å². The zero-order chi connectivity index (χ0) is 14.1. The predicted octanol–water partition coefficient (Wildman–Crippen LogP) is 1.42. The van der Waals surface area contributed by atoms with Crippen molar-refractivity contribution in [3.8, 4) is 0 Å². The van der Waals surface area contributed by atoms with Gasteiger partial charge >= 0.3 is 0 Å². The van der Waals surface area contributed by atoms with E-state index in [-0.39, 0.29) is 11.9 Å². The molecule has 1 aromatic rings. The van der Waals surface area contributed by atoms with Crippen LogP contribution in [0.15, 0.2) is 24.3 Å². The molecule has 5 heteroatoms. The molecule has 0 radical (unpaired) electrons. The van der Waals surface area contributed by atoms with Gasteiger partial charge < -0.3 is 15.2 Å². The summed E-state index contributed by atoms with van der Waals surface area (Å²) in [7, 11) is 3.32. The first-order valence-corrected chi connectivity index (χ1v) is 6.40. The molecule has 0 aliphatic carbocycles. The topological polar surface area (TPSA) is 47.7 Å². The molecule has 0 bridgehead atoms. The average molecular weight is 270 g/mol. The Balaban J connectivity index is 2.81. The normalized spacial score (nSPS) is 12.9. The molecule has 1 rings (SSSR count). The Hall–Kier alpha value is -1.01. The smallest absolute Gasteiger partial charge is 0.123 e. The van der Waals surface area contributed by atoms with Crippen molar-refractivity contribution in [2.75, 3.05) is 47.1 Å². The van der Waals surface area contributed by atoms with Crippen LogP contribution in [-0.2, 0) is 9.47 Å². The number of hydrogen-bond acceptors (Lipinski definition) is 4. The summed E-state index contributed by atoms with van der Waals surface area (Å²) in [5, 5.41) is 0. The summed E-state index contributed by atoms with van der Waals surface area (Å²) in [5.41, 5.74) is 6.74. The van der Waals surface area contributed by atoms with Crippen molar-refractivity contribution in [2.45, 2.75) is 6.04 Å². The minimum atomic E-state index is -0.241. The number of methoxy groups -OCH3 is 2. The molecule has 0 fully saturated rings. The van der Waals surface area contributed by atoms with Gasteiger partial charge in [0.1, 0.15) is 5.82 Å². The van der Waals surface area contributed by atoms with E-state index in [0.717, 1.165) is 18.7 Å². The number of nitrogens with zero attached hydrogens (tertiary/aromatic N) is 1. The molecule has 108 valence electrons. The largest absolute Gasteiger partial charge is 0.383 e. The predicted molar refractivity (Wildman–Crippen MR) is 73.5 cm³/mol. The summed E-state index contributed by atoms with van der Waals surface area (Å²) in [6.45, 7) is 3.11. The first-order chi connectivity index (χ1) is 9.22. The lowest BCUT2D eigenvalue weighted by Gasteiger charge is -2.30. The minimum absolute atomic E-state index is 0.0269. The van der Waals surface area contributed by atoms with Crippen LogP contribution in [0.3, 0.4) is 0 Å². The average Bonchev–Trinajstić information content (AvgIpc) is 2.42. The summed E-state index contributed by atoms with van der Waals surface area (Å²) in [6, 6.07) is 6.54. The third-order valence-corrected chi connectivity index (χ3v) is 3.06. The number of rotatable bonds is 9. The van der Waals surface area contributed by atoms with Gasteiger partial charge in [-0.05, 0) is 17.7 Å². The van der Waals surface area contributed by atoms with Crippen molar-refractivity contribution in [1.29, 1.82) is 0 Å². The van der Waals surface area contributed by atoms with Crippen LogP contribution in [0.4, 0.5) is 4.39 Å². The van der Waals surface area contributed by atoms with E-state index < -0.39 is 0 Å². The maximum atomic E-state index is 13.3. The van der Waals surface area contributed by atoms with Crippen LogP contribution in [-0.4, -0.2) is 52.0 Å². The lowest BCUT2D eigenvalue weighted by atomic mass is 10.1. The van der Waals surface area contributed by atoms with Crippen molar-refractivity contribution < 1.29 is 13.9 Å². The Kier molecular flexibility index (Phi) is 7.59. The van der Waals surface area contributed by atoms with Gasteiger partial charge in [-0.15, -0.1) is 0 Å². The molecule has 4 nitrogen and oxygen atoms in total. The van der Waals surface area contributed by atoms with Crippen molar-refractivity contribution in [1.82, 2.24) is 4.90 Å². The van der Waals surface area contributed by atoms with Gasteiger partial charge in [-0.3, -0.25) is 4.90 Å². The van der Waals surface area contributed by atoms with E-state index in [1.54, 1.807) is 20.3 Å². The first kappa shape index (κ1) is 16.0. The van der Waals surface area contributed by atoms with E-state index >= 15 is 0 Å². The van der Waals surface area contributed by atoms with E-state index in [9.17, 15) is 4.39 Å². The van der Waals surface area contributed by atoms with Gasteiger partial charge in [-0.1, -0.05) is 12.1 Å². The zero-order valence-corrected chi connectivity index (χ0v) is 11.6. The Labute approximate surface area is 114 Å². The van der Waals surface area contributed by atoms with Crippen molar-refractivity contribution in [2.24, 2.45) is 5.73 Å². The fraction of sp³-hybridized carbons (Fsp3) is 0.571. The third kappa shape index (κ3) is 5.24. The molecule has 0 saturated carbocycles. The number of hydrogen-bond donors (Lipinski definition) is 1. The highest BCUT2D eigenvalue weighted by Gasteiger charge is 2.19. The maximum absolute atomic E-state index is 13.3. The number of ether oxygens (including phenoxy) is 2. The molecule has 0 aliphatic heterocycles. The van der Waals surface area contributed by atoms with Crippen LogP contribution in [0.1, 0.15) is 11.6 Å². The van der Waals surface area contributed by atoms with E-state index in [0.29, 0.717) is 19.8 Å². The van der Waals surface area contributed by atoms with E-state index in [4.69, 9.17) is 15.2 Å². The lowest BCUT2D eigenvalue weighted by molar-refractivity contribution is 0.0890. The van der Waals surface area contributed by atoms with Crippen molar-refractivity contribution in [3.63, 3.8) is 0 Å². The molecule has 0 spiro atoms. The van der Waals surface area contributed by atoms with Gasteiger partial charge in [0.25, 0.3) is 0 Å². The van der Waals surface area contributed by atoms with Crippen LogP contribution in [0.25, 0.3) is 0 Å². The second kappa shape index (κ2) is 8.98. The number of nitrogens with two attached hydrogens (primary N) is 1. The van der Waals surface area contributed by atoms with Crippen molar-refractivity contribution in [3.05, 3.63) is 35.6 Å². The Morgan fingerprint density at radius 3 is 2.32 bits per heavy atom. The zero-order valence-electron chi connectivity index (χ0n) is 11.6. The Bertz CT molecular complexity index is 355. The molecule has 19 heavy (non-hydrogen) atoms. The Morgan fingerprint density at radius 2 is 1.84 bits per heavy atom. The molecule has 1 atom stereocenters. The summed E-state index contributed by atoms with van der Waals surface area (Å²) in [4.78, 5) is 2.15. The van der Waals surface area contributed by atoms with Gasteiger partial charge in [0.15, 0.2) is 0 Å². The molecule has 0 heterocycles. The SMILES string of the molecule is COCCN(CCOC)C(CN)c1cccc(F)c1. The quantitative estimate of drug-likeness (QED) is 0.737. The standard InChI is InChI=1S/C14H23FN2O2/c1-18-8-6-17(7-9-19-2)14(11-16)12-4-3-5-13(15)10-12/h3-5,10,14H,6-9,11,16H2,1-2H3. The van der Waals surface area contributed by atoms with Crippen LogP contribution in [0.5, 0.6) is 0 Å². The molecule has 2 N–H and O–H groups in total. The molecule has 0 amide bonds. The van der Waals surface area contributed by atoms with Crippen LogP contribution < -0.4 is 5.73 Å². The van der Waals surface area contributed by atoms with Gasteiger partial charge in [-0.25, -0.2) is 4.39 Å². The molecule has 1 aromatic carbocycles. The summed E-state index contributed by atoms with van der Waals surface area (Å²) in [6.07, 6.45) is 0. The van der Waals surface area contributed by atoms with Gasteiger partial charge in [0.05, 0.1) is 13.2 Å². The van der Waals surface area contributed by atoms with E-state index in [1.165, 1.54) is 12.1 Å². The van der Waals surface area contributed by atoms with Crippen LogP contribution in [0, 0.1) is 5.82 Å². The third-order valence-electron chi connectivity index (χ3n) is 3.06. The van der Waals surface area contributed by atoms with E-state index in [2.05, 4.69) is 4.90 Å². The number of halogens is 1. The highest BCUT2D eigenvalue weighted by atomic mass is 19.1. The molecular weight excluding hydrogens is 247 g/mol. The van der Waals surface area contributed by atoms with Crippen molar-refractivity contribution >= 4 is 0 Å². The minimum Gasteiger partial charge on any atom is -0.383 e. The second-order valence-corrected chi connectivity index (χ2v) is 4.33. The summed E-state index contributed by atoms with van der Waals surface area (Å²) in [5.74, 6) is -0.241. The molecule has 0 aromatic heterocycles. The van der Waals surface area contributed by atoms with Crippen LogP contribution in [0.2, 0.25) is 0 Å². The van der Waals surface area contributed by atoms with E-state index in [1.807, 2.05) is 6.07 Å². The fourth-order valence-electron chi connectivity index (χ4n) is 2.05. The monoisotopic (exact) mass is 270 g/mol. The molecule has 0 saturated heterocycles.